The van der Waals surface area contributed by atoms with E-state index in [0.717, 1.165) is 5.56 Å². The standard InChI is InChI=1S/C12H14O3/c1-15-12(14)11-7-4-6-10(9-11)5-2-3-8-13/h2,4-7,9,13H,3,8H2,1H3. The Balaban J connectivity index is 2.78. The Morgan fingerprint density at radius 1 is 1.53 bits per heavy atom. The Kier molecular flexibility index (Phi) is 4.57. The van der Waals surface area contributed by atoms with E-state index >= 15 is 0 Å². The number of aliphatic hydroxyl groups excluding tert-OH is 1. The lowest BCUT2D eigenvalue weighted by Crippen LogP contribution is -2.00. The van der Waals surface area contributed by atoms with Crippen molar-refractivity contribution in [3.05, 3.63) is 41.5 Å². The van der Waals surface area contributed by atoms with Crippen LogP contribution < -0.4 is 0 Å². The van der Waals surface area contributed by atoms with Gasteiger partial charge in [-0.15, -0.1) is 0 Å². The van der Waals surface area contributed by atoms with E-state index in [1.54, 1.807) is 18.2 Å². The fourth-order valence-corrected chi connectivity index (χ4v) is 1.18. The number of rotatable bonds is 4. The normalized spacial score (nSPS) is 10.5. The molecule has 0 aliphatic carbocycles. The molecule has 3 nitrogen and oxygen atoms in total. The fourth-order valence-electron chi connectivity index (χ4n) is 1.18. The van der Waals surface area contributed by atoms with Gasteiger partial charge in [-0.05, 0) is 24.1 Å². The van der Waals surface area contributed by atoms with Crippen molar-refractivity contribution in [3.63, 3.8) is 0 Å². The van der Waals surface area contributed by atoms with Crippen molar-refractivity contribution >= 4 is 12.0 Å². The van der Waals surface area contributed by atoms with Gasteiger partial charge in [-0.2, -0.15) is 0 Å². The van der Waals surface area contributed by atoms with Crippen molar-refractivity contribution in [1.29, 1.82) is 0 Å². The van der Waals surface area contributed by atoms with Crippen molar-refractivity contribution < 1.29 is 14.6 Å². The van der Waals surface area contributed by atoms with Gasteiger partial charge in [0, 0.05) is 6.61 Å². The minimum Gasteiger partial charge on any atom is -0.465 e. The summed E-state index contributed by atoms with van der Waals surface area (Å²) in [6, 6.07) is 7.14. The quantitative estimate of drug-likeness (QED) is 0.765. The number of benzene rings is 1. The van der Waals surface area contributed by atoms with E-state index in [4.69, 9.17) is 5.11 Å². The molecular formula is C12H14O3. The highest BCUT2D eigenvalue weighted by Crippen LogP contribution is 2.08. The van der Waals surface area contributed by atoms with E-state index in [1.807, 2.05) is 18.2 Å². The molecule has 3 heteroatoms. The predicted octanol–water partition coefficient (Wildman–Crippen LogP) is 1.87. The van der Waals surface area contributed by atoms with Gasteiger partial charge in [-0.3, -0.25) is 0 Å². The molecule has 15 heavy (non-hydrogen) atoms. The molecule has 0 aromatic heterocycles. The Bertz CT molecular complexity index is 356. The van der Waals surface area contributed by atoms with Crippen molar-refractivity contribution in [3.8, 4) is 0 Å². The summed E-state index contributed by atoms with van der Waals surface area (Å²) in [5.41, 5.74) is 1.45. The maximum Gasteiger partial charge on any atom is 0.337 e. The molecule has 0 atom stereocenters. The van der Waals surface area contributed by atoms with Crippen LogP contribution in [0.3, 0.4) is 0 Å². The highest BCUT2D eigenvalue weighted by atomic mass is 16.5. The van der Waals surface area contributed by atoms with Gasteiger partial charge in [-0.25, -0.2) is 4.79 Å². The lowest BCUT2D eigenvalue weighted by atomic mass is 10.1. The summed E-state index contributed by atoms with van der Waals surface area (Å²) in [5, 5.41) is 8.60. The highest BCUT2D eigenvalue weighted by molar-refractivity contribution is 5.89. The van der Waals surface area contributed by atoms with Crippen LogP contribution >= 0.6 is 0 Å². The Morgan fingerprint density at radius 3 is 3.00 bits per heavy atom. The lowest BCUT2D eigenvalue weighted by Gasteiger charge is -1.99. The summed E-state index contributed by atoms with van der Waals surface area (Å²) < 4.78 is 4.61. The zero-order valence-corrected chi connectivity index (χ0v) is 8.64. The number of carbonyl (C=O) groups is 1. The molecule has 0 aliphatic rings. The maximum atomic E-state index is 11.2. The van der Waals surface area contributed by atoms with Crippen molar-refractivity contribution in [2.45, 2.75) is 6.42 Å². The molecule has 0 radical (unpaired) electrons. The molecule has 1 rings (SSSR count). The number of hydrogen-bond acceptors (Lipinski definition) is 3. The molecule has 0 bridgehead atoms. The first kappa shape index (κ1) is 11.5. The predicted molar refractivity (Wildman–Crippen MR) is 58.5 cm³/mol. The molecule has 1 N–H and O–H groups in total. The molecule has 0 heterocycles. The first-order valence-corrected chi connectivity index (χ1v) is 4.73. The monoisotopic (exact) mass is 206 g/mol. The van der Waals surface area contributed by atoms with Crippen LogP contribution in [0.15, 0.2) is 30.3 Å². The van der Waals surface area contributed by atoms with Crippen LogP contribution in [0.5, 0.6) is 0 Å². The second-order valence-corrected chi connectivity index (χ2v) is 3.03. The summed E-state index contributed by atoms with van der Waals surface area (Å²) in [7, 11) is 1.36. The molecule has 0 aliphatic heterocycles. The first-order valence-electron chi connectivity index (χ1n) is 4.73. The van der Waals surface area contributed by atoms with Crippen molar-refractivity contribution in [2.75, 3.05) is 13.7 Å². The number of carbonyl (C=O) groups excluding carboxylic acids is 1. The summed E-state index contributed by atoms with van der Waals surface area (Å²) in [6.45, 7) is 0.132. The Morgan fingerprint density at radius 2 is 2.33 bits per heavy atom. The van der Waals surface area contributed by atoms with Crippen molar-refractivity contribution in [1.82, 2.24) is 0 Å². The zero-order valence-electron chi connectivity index (χ0n) is 8.64. The van der Waals surface area contributed by atoms with Gasteiger partial charge in [-0.1, -0.05) is 24.3 Å². The van der Waals surface area contributed by atoms with Gasteiger partial charge in [0.15, 0.2) is 0 Å². The van der Waals surface area contributed by atoms with E-state index in [0.29, 0.717) is 12.0 Å². The molecule has 0 saturated heterocycles. The third-order valence-electron chi connectivity index (χ3n) is 1.91. The number of hydrogen-bond donors (Lipinski definition) is 1. The molecule has 0 amide bonds. The molecule has 0 saturated carbocycles. The maximum absolute atomic E-state index is 11.2. The molecule has 0 spiro atoms. The smallest absolute Gasteiger partial charge is 0.337 e. The molecule has 1 aromatic carbocycles. The van der Waals surface area contributed by atoms with Crippen LogP contribution in [0.4, 0.5) is 0 Å². The molecule has 80 valence electrons. The van der Waals surface area contributed by atoms with Gasteiger partial charge in [0.2, 0.25) is 0 Å². The van der Waals surface area contributed by atoms with E-state index < -0.39 is 0 Å². The van der Waals surface area contributed by atoms with Gasteiger partial charge in [0.25, 0.3) is 0 Å². The molecule has 0 fully saturated rings. The SMILES string of the molecule is COC(=O)c1cccc(C=CCCO)c1. The van der Waals surface area contributed by atoms with E-state index in [1.165, 1.54) is 7.11 Å². The molecule has 0 unspecified atom stereocenters. The fraction of sp³-hybridized carbons (Fsp3) is 0.250. The summed E-state index contributed by atoms with van der Waals surface area (Å²) in [4.78, 5) is 11.2. The number of ether oxygens (including phenoxy) is 1. The number of esters is 1. The van der Waals surface area contributed by atoms with Gasteiger partial charge in [0.05, 0.1) is 12.7 Å². The number of aliphatic hydroxyl groups is 1. The van der Waals surface area contributed by atoms with Crippen LogP contribution in [0.25, 0.3) is 6.08 Å². The van der Waals surface area contributed by atoms with Crippen LogP contribution in [0.2, 0.25) is 0 Å². The van der Waals surface area contributed by atoms with Gasteiger partial charge < -0.3 is 9.84 Å². The van der Waals surface area contributed by atoms with Crippen LogP contribution in [-0.2, 0) is 4.74 Å². The molecular weight excluding hydrogens is 192 g/mol. The van der Waals surface area contributed by atoms with E-state index in [2.05, 4.69) is 4.74 Å². The average Bonchev–Trinajstić information content (AvgIpc) is 2.29. The zero-order chi connectivity index (χ0) is 11.1. The first-order chi connectivity index (χ1) is 7.27. The van der Waals surface area contributed by atoms with Crippen LogP contribution in [0, 0.1) is 0 Å². The van der Waals surface area contributed by atoms with Crippen LogP contribution in [-0.4, -0.2) is 24.8 Å². The largest absolute Gasteiger partial charge is 0.465 e. The van der Waals surface area contributed by atoms with Crippen LogP contribution in [0.1, 0.15) is 22.3 Å². The minimum atomic E-state index is -0.340. The van der Waals surface area contributed by atoms with Gasteiger partial charge in [0.1, 0.15) is 0 Å². The third kappa shape index (κ3) is 3.56. The second kappa shape index (κ2) is 5.98. The lowest BCUT2D eigenvalue weighted by molar-refractivity contribution is 0.0600. The highest BCUT2D eigenvalue weighted by Gasteiger charge is 2.03. The second-order valence-electron chi connectivity index (χ2n) is 3.03. The number of methoxy groups -OCH3 is 1. The average molecular weight is 206 g/mol. The summed E-state index contributed by atoms with van der Waals surface area (Å²) >= 11 is 0. The minimum absolute atomic E-state index is 0.132. The molecule has 1 aromatic rings. The van der Waals surface area contributed by atoms with E-state index in [-0.39, 0.29) is 12.6 Å². The summed E-state index contributed by atoms with van der Waals surface area (Å²) in [5.74, 6) is -0.340. The third-order valence-corrected chi connectivity index (χ3v) is 1.91. The van der Waals surface area contributed by atoms with Crippen molar-refractivity contribution in [2.24, 2.45) is 0 Å². The Hall–Kier alpha value is -1.61. The van der Waals surface area contributed by atoms with E-state index in [9.17, 15) is 4.79 Å². The van der Waals surface area contributed by atoms with Gasteiger partial charge >= 0.3 is 5.97 Å². The summed E-state index contributed by atoms with van der Waals surface area (Å²) in [6.07, 6.45) is 4.33. The topological polar surface area (TPSA) is 46.5 Å². The Labute approximate surface area is 89.0 Å².